The molecule has 2 aromatic rings. The molecule has 0 aliphatic heterocycles. The summed E-state index contributed by atoms with van der Waals surface area (Å²) in [5, 5.41) is 0. The Bertz CT molecular complexity index is 421. The third-order valence-corrected chi connectivity index (χ3v) is 2.16. The Morgan fingerprint density at radius 3 is 2.71 bits per heavy atom. The zero-order valence-corrected chi connectivity index (χ0v) is 7.63. The second kappa shape index (κ2) is 3.64. The molecule has 0 amide bonds. The fourth-order valence-electron chi connectivity index (χ4n) is 1.40. The SMILES string of the molecule is NCc1ccc(-c2ccc[nH]2)c(F)c1. The molecule has 0 fully saturated rings. The van der Waals surface area contributed by atoms with E-state index < -0.39 is 0 Å². The van der Waals surface area contributed by atoms with Gasteiger partial charge in [0.1, 0.15) is 5.82 Å². The number of H-pyrrole nitrogens is 1. The van der Waals surface area contributed by atoms with E-state index in [1.807, 2.05) is 18.2 Å². The molecule has 0 atom stereocenters. The Hall–Kier alpha value is -1.61. The van der Waals surface area contributed by atoms with E-state index in [4.69, 9.17) is 5.73 Å². The molecule has 0 aliphatic rings. The van der Waals surface area contributed by atoms with Crippen molar-refractivity contribution in [3.63, 3.8) is 0 Å². The molecule has 0 bridgehead atoms. The highest BCUT2D eigenvalue weighted by molar-refractivity contribution is 5.60. The molecule has 14 heavy (non-hydrogen) atoms. The molecule has 0 saturated carbocycles. The van der Waals surface area contributed by atoms with Crippen LogP contribution in [0, 0.1) is 5.82 Å². The molecule has 2 nitrogen and oxygen atoms in total. The van der Waals surface area contributed by atoms with Gasteiger partial charge in [-0.2, -0.15) is 0 Å². The van der Waals surface area contributed by atoms with E-state index in [9.17, 15) is 4.39 Å². The molecule has 0 unspecified atom stereocenters. The van der Waals surface area contributed by atoms with Crippen LogP contribution in [-0.4, -0.2) is 4.98 Å². The number of hydrogen-bond acceptors (Lipinski definition) is 1. The van der Waals surface area contributed by atoms with Gasteiger partial charge in [-0.05, 0) is 29.8 Å². The number of aromatic nitrogens is 1. The van der Waals surface area contributed by atoms with E-state index in [1.54, 1.807) is 12.3 Å². The average molecular weight is 190 g/mol. The first-order valence-electron chi connectivity index (χ1n) is 4.43. The average Bonchev–Trinajstić information content (AvgIpc) is 2.70. The van der Waals surface area contributed by atoms with Gasteiger partial charge in [-0.15, -0.1) is 0 Å². The van der Waals surface area contributed by atoms with Crippen LogP contribution >= 0.6 is 0 Å². The van der Waals surface area contributed by atoms with Crippen LogP contribution in [0.2, 0.25) is 0 Å². The van der Waals surface area contributed by atoms with Crippen LogP contribution in [0.1, 0.15) is 5.56 Å². The largest absolute Gasteiger partial charge is 0.361 e. The molecule has 1 heterocycles. The summed E-state index contributed by atoms with van der Waals surface area (Å²) in [6.45, 7) is 0.363. The topological polar surface area (TPSA) is 41.8 Å². The lowest BCUT2D eigenvalue weighted by molar-refractivity contribution is 0.628. The van der Waals surface area contributed by atoms with Crippen molar-refractivity contribution >= 4 is 0 Å². The first-order chi connectivity index (χ1) is 6.81. The van der Waals surface area contributed by atoms with Crippen molar-refractivity contribution in [3.8, 4) is 11.3 Å². The molecule has 0 spiro atoms. The zero-order chi connectivity index (χ0) is 9.97. The molecular formula is C11H11FN2. The normalized spacial score (nSPS) is 10.4. The van der Waals surface area contributed by atoms with E-state index in [0.717, 1.165) is 11.3 Å². The minimum absolute atomic E-state index is 0.240. The van der Waals surface area contributed by atoms with Crippen LogP contribution in [0.4, 0.5) is 4.39 Å². The maximum Gasteiger partial charge on any atom is 0.132 e. The van der Waals surface area contributed by atoms with Gasteiger partial charge < -0.3 is 10.7 Å². The van der Waals surface area contributed by atoms with Gasteiger partial charge in [0, 0.05) is 24.0 Å². The Labute approximate surface area is 81.6 Å². The monoisotopic (exact) mass is 190 g/mol. The second-order valence-corrected chi connectivity index (χ2v) is 3.10. The lowest BCUT2D eigenvalue weighted by Gasteiger charge is -2.02. The van der Waals surface area contributed by atoms with E-state index in [2.05, 4.69) is 4.98 Å². The molecule has 1 aromatic carbocycles. The molecule has 0 radical (unpaired) electrons. The van der Waals surface area contributed by atoms with Crippen LogP contribution < -0.4 is 5.73 Å². The van der Waals surface area contributed by atoms with Crippen molar-refractivity contribution in [2.75, 3.05) is 0 Å². The van der Waals surface area contributed by atoms with Crippen LogP contribution in [0.5, 0.6) is 0 Å². The van der Waals surface area contributed by atoms with Crippen molar-refractivity contribution < 1.29 is 4.39 Å². The van der Waals surface area contributed by atoms with Crippen LogP contribution in [0.3, 0.4) is 0 Å². The second-order valence-electron chi connectivity index (χ2n) is 3.10. The summed E-state index contributed by atoms with van der Waals surface area (Å²) in [6, 6.07) is 8.71. The van der Waals surface area contributed by atoms with Crippen LogP contribution in [0.25, 0.3) is 11.3 Å². The first-order valence-corrected chi connectivity index (χ1v) is 4.43. The van der Waals surface area contributed by atoms with E-state index in [0.29, 0.717) is 12.1 Å². The zero-order valence-electron chi connectivity index (χ0n) is 7.63. The molecule has 1 aromatic heterocycles. The molecular weight excluding hydrogens is 179 g/mol. The summed E-state index contributed by atoms with van der Waals surface area (Å²) < 4.78 is 13.5. The maximum absolute atomic E-state index is 13.5. The molecule has 0 aliphatic carbocycles. The van der Waals surface area contributed by atoms with E-state index in [-0.39, 0.29) is 5.82 Å². The van der Waals surface area contributed by atoms with Gasteiger partial charge in [0.05, 0.1) is 0 Å². The van der Waals surface area contributed by atoms with E-state index in [1.165, 1.54) is 6.07 Å². The van der Waals surface area contributed by atoms with Crippen molar-refractivity contribution in [1.82, 2.24) is 4.98 Å². The van der Waals surface area contributed by atoms with Crippen molar-refractivity contribution in [2.45, 2.75) is 6.54 Å². The molecule has 3 heteroatoms. The van der Waals surface area contributed by atoms with Gasteiger partial charge in [0.2, 0.25) is 0 Å². The number of rotatable bonds is 2. The standard InChI is InChI=1S/C11H11FN2/c12-10-6-8(7-13)3-4-9(10)11-2-1-5-14-11/h1-6,14H,7,13H2. The van der Waals surface area contributed by atoms with Gasteiger partial charge >= 0.3 is 0 Å². The van der Waals surface area contributed by atoms with Crippen molar-refractivity contribution in [1.29, 1.82) is 0 Å². The number of aromatic amines is 1. The van der Waals surface area contributed by atoms with Crippen LogP contribution in [0.15, 0.2) is 36.5 Å². The van der Waals surface area contributed by atoms with Gasteiger partial charge in [-0.3, -0.25) is 0 Å². The van der Waals surface area contributed by atoms with E-state index >= 15 is 0 Å². The lowest BCUT2D eigenvalue weighted by Crippen LogP contribution is -1.97. The van der Waals surface area contributed by atoms with Crippen molar-refractivity contribution in [2.24, 2.45) is 5.73 Å². The smallest absolute Gasteiger partial charge is 0.132 e. The summed E-state index contributed by atoms with van der Waals surface area (Å²) >= 11 is 0. The molecule has 72 valence electrons. The third-order valence-electron chi connectivity index (χ3n) is 2.16. The van der Waals surface area contributed by atoms with Crippen LogP contribution in [-0.2, 0) is 6.54 Å². The fraction of sp³-hybridized carbons (Fsp3) is 0.0909. The summed E-state index contributed by atoms with van der Waals surface area (Å²) in [4.78, 5) is 2.96. The minimum Gasteiger partial charge on any atom is -0.361 e. The predicted octanol–water partition coefficient (Wildman–Crippen LogP) is 2.28. The predicted molar refractivity (Wildman–Crippen MR) is 54.1 cm³/mol. The van der Waals surface area contributed by atoms with Gasteiger partial charge in [0.25, 0.3) is 0 Å². The Morgan fingerprint density at radius 2 is 2.14 bits per heavy atom. The van der Waals surface area contributed by atoms with Crippen molar-refractivity contribution in [3.05, 3.63) is 47.9 Å². The summed E-state index contributed by atoms with van der Waals surface area (Å²) in [6.07, 6.45) is 1.77. The number of benzene rings is 1. The quantitative estimate of drug-likeness (QED) is 0.749. The molecule has 0 saturated heterocycles. The lowest BCUT2D eigenvalue weighted by atomic mass is 10.1. The fourth-order valence-corrected chi connectivity index (χ4v) is 1.40. The van der Waals surface area contributed by atoms with Gasteiger partial charge in [-0.1, -0.05) is 6.07 Å². The number of nitrogens with two attached hydrogens (primary N) is 1. The molecule has 2 rings (SSSR count). The van der Waals surface area contributed by atoms with Gasteiger partial charge in [0.15, 0.2) is 0 Å². The Balaban J connectivity index is 2.46. The first kappa shape index (κ1) is 8.97. The number of halogens is 1. The highest BCUT2D eigenvalue weighted by atomic mass is 19.1. The number of hydrogen-bond donors (Lipinski definition) is 2. The minimum atomic E-state index is -0.240. The summed E-state index contributed by atoms with van der Waals surface area (Å²) in [7, 11) is 0. The number of nitrogens with one attached hydrogen (secondary N) is 1. The highest BCUT2D eigenvalue weighted by Gasteiger charge is 2.05. The summed E-state index contributed by atoms with van der Waals surface area (Å²) in [5.74, 6) is -0.240. The summed E-state index contributed by atoms with van der Waals surface area (Å²) in [5.41, 5.74) is 7.58. The molecule has 3 N–H and O–H groups in total. The highest BCUT2D eigenvalue weighted by Crippen LogP contribution is 2.21. The Morgan fingerprint density at radius 1 is 1.29 bits per heavy atom. The van der Waals surface area contributed by atoms with Gasteiger partial charge in [-0.25, -0.2) is 4.39 Å². The maximum atomic E-state index is 13.5. The Kier molecular flexibility index (Phi) is 2.33. The third kappa shape index (κ3) is 1.54.